The van der Waals surface area contributed by atoms with Gasteiger partial charge in [-0.15, -0.1) is 0 Å². The summed E-state index contributed by atoms with van der Waals surface area (Å²) in [5.41, 5.74) is 8.61. The average Bonchev–Trinajstić information content (AvgIpc) is 3.26. The summed E-state index contributed by atoms with van der Waals surface area (Å²) in [4.78, 5) is 32.7. The van der Waals surface area contributed by atoms with Gasteiger partial charge in [0, 0.05) is 48.4 Å². The zero-order chi connectivity index (χ0) is 25.8. The minimum Gasteiger partial charge on any atom is -0.368 e. The Hall–Kier alpha value is -3.43. The molecule has 36 heavy (non-hydrogen) atoms. The molecule has 1 fully saturated rings. The highest BCUT2D eigenvalue weighted by atomic mass is 16.2. The zero-order valence-corrected chi connectivity index (χ0v) is 21.9. The third kappa shape index (κ3) is 3.83. The third-order valence-electron chi connectivity index (χ3n) is 8.10. The fourth-order valence-electron chi connectivity index (χ4n) is 6.07. The molecule has 1 saturated heterocycles. The van der Waals surface area contributed by atoms with Crippen molar-refractivity contribution in [2.24, 2.45) is 0 Å². The van der Waals surface area contributed by atoms with Crippen molar-refractivity contribution in [2.45, 2.75) is 39.0 Å². The van der Waals surface area contributed by atoms with E-state index in [9.17, 15) is 14.9 Å². The average molecular weight is 483 g/mol. The second kappa shape index (κ2) is 8.90. The fraction of sp³-hybridized carbons (Fsp3) is 0.433. The molecule has 2 aromatic rings. The minimum atomic E-state index is -0.297. The molecule has 1 heterocycles. The van der Waals surface area contributed by atoms with E-state index in [1.165, 1.54) is 11.3 Å². The number of fused-ring (bicyclic) bond motifs is 3. The van der Waals surface area contributed by atoms with Crippen LogP contribution in [0.3, 0.4) is 0 Å². The molecule has 6 heteroatoms. The van der Waals surface area contributed by atoms with Crippen LogP contribution in [-0.4, -0.2) is 68.3 Å². The Morgan fingerprint density at radius 3 is 2.44 bits per heavy atom. The molecule has 0 aromatic heterocycles. The van der Waals surface area contributed by atoms with E-state index in [0.717, 1.165) is 52.9 Å². The third-order valence-corrected chi connectivity index (χ3v) is 8.10. The van der Waals surface area contributed by atoms with Gasteiger partial charge in [0.15, 0.2) is 5.78 Å². The normalized spacial score (nSPS) is 18.2. The van der Waals surface area contributed by atoms with Crippen molar-refractivity contribution in [3.63, 3.8) is 0 Å². The Kier molecular flexibility index (Phi) is 6.00. The molecule has 2 aromatic carbocycles. The standard InChI is InChI=1S/C30H34N4O2/c1-6-20-14-23-24(16-26(20)33-9-11-34(12-10-33)27(35)18-32(4)5)30(2,3)25-15-21-13-19(17-31)7-8-22(21)28(25)29(23)36/h7-8,13-14,16H,6,9-12,15,18H2,1-5H3. The van der Waals surface area contributed by atoms with Crippen molar-refractivity contribution < 1.29 is 9.59 Å². The summed E-state index contributed by atoms with van der Waals surface area (Å²) in [7, 11) is 3.84. The number of allylic oxidation sites excluding steroid dienone is 2. The van der Waals surface area contributed by atoms with E-state index >= 15 is 0 Å². The molecule has 186 valence electrons. The largest absolute Gasteiger partial charge is 0.368 e. The van der Waals surface area contributed by atoms with Crippen LogP contribution in [-0.2, 0) is 23.1 Å². The van der Waals surface area contributed by atoms with Crippen molar-refractivity contribution in [2.75, 3.05) is 51.7 Å². The lowest BCUT2D eigenvalue weighted by molar-refractivity contribution is -0.132. The van der Waals surface area contributed by atoms with Crippen LogP contribution in [0, 0.1) is 11.3 Å². The highest BCUT2D eigenvalue weighted by Crippen LogP contribution is 2.51. The second-order valence-corrected chi connectivity index (χ2v) is 11.0. The summed E-state index contributed by atoms with van der Waals surface area (Å²) >= 11 is 0. The molecule has 0 saturated carbocycles. The Balaban J connectivity index is 1.49. The van der Waals surface area contributed by atoms with Crippen LogP contribution < -0.4 is 4.90 Å². The van der Waals surface area contributed by atoms with E-state index < -0.39 is 0 Å². The predicted molar refractivity (Wildman–Crippen MR) is 142 cm³/mol. The van der Waals surface area contributed by atoms with E-state index in [-0.39, 0.29) is 17.1 Å². The molecule has 0 unspecified atom stereocenters. The molecule has 0 radical (unpaired) electrons. The summed E-state index contributed by atoms with van der Waals surface area (Å²) in [5.74, 6) is 0.274. The van der Waals surface area contributed by atoms with Crippen LogP contribution in [0.4, 0.5) is 5.69 Å². The van der Waals surface area contributed by atoms with Gasteiger partial charge in [0.05, 0.1) is 18.2 Å². The second-order valence-electron chi connectivity index (χ2n) is 11.0. The number of aryl methyl sites for hydroxylation is 1. The molecule has 2 aliphatic carbocycles. The molecule has 6 nitrogen and oxygen atoms in total. The molecule has 0 atom stereocenters. The summed E-state index contributed by atoms with van der Waals surface area (Å²) in [6.07, 6.45) is 1.54. The Morgan fingerprint density at radius 2 is 1.81 bits per heavy atom. The molecule has 0 bridgehead atoms. The van der Waals surface area contributed by atoms with Crippen molar-refractivity contribution in [1.82, 2.24) is 9.80 Å². The number of Topliss-reactive ketones (excluding diaryl/α,β-unsaturated/α-hetero) is 1. The van der Waals surface area contributed by atoms with Gasteiger partial charge in [0.25, 0.3) is 0 Å². The van der Waals surface area contributed by atoms with Crippen molar-refractivity contribution in [3.8, 4) is 6.07 Å². The lowest BCUT2D eigenvalue weighted by Gasteiger charge is -2.40. The van der Waals surface area contributed by atoms with Gasteiger partial charge >= 0.3 is 0 Å². The van der Waals surface area contributed by atoms with E-state index in [1.54, 1.807) is 0 Å². The Morgan fingerprint density at radius 1 is 1.08 bits per heavy atom. The number of nitriles is 1. The van der Waals surface area contributed by atoms with Crippen LogP contribution in [0.1, 0.15) is 58.9 Å². The molecular formula is C30H34N4O2. The smallest absolute Gasteiger partial charge is 0.236 e. The van der Waals surface area contributed by atoms with Crippen LogP contribution in [0.5, 0.6) is 0 Å². The maximum absolute atomic E-state index is 13.9. The Bertz CT molecular complexity index is 1340. The predicted octanol–water partition coefficient (Wildman–Crippen LogP) is 3.81. The number of anilines is 1. The molecule has 3 aliphatic rings. The number of likely N-dealkylation sites (N-methyl/N-ethyl adjacent to an activating group) is 1. The van der Waals surface area contributed by atoms with Crippen LogP contribution in [0.2, 0.25) is 0 Å². The SMILES string of the molecule is CCc1cc2c(cc1N1CCN(C(=O)CN(C)C)CC1)C(C)(C)C1=C(C2=O)c2ccc(C#N)cc2C1. The number of carbonyl (C=O) groups excluding carboxylic acids is 2. The molecule has 1 amide bonds. The molecular weight excluding hydrogens is 448 g/mol. The summed E-state index contributed by atoms with van der Waals surface area (Å²) in [5, 5.41) is 9.36. The van der Waals surface area contributed by atoms with E-state index in [0.29, 0.717) is 31.6 Å². The van der Waals surface area contributed by atoms with Gasteiger partial charge in [0.2, 0.25) is 5.91 Å². The number of rotatable bonds is 4. The van der Waals surface area contributed by atoms with Gasteiger partial charge in [-0.2, -0.15) is 5.26 Å². The number of ketones is 1. The lowest BCUT2D eigenvalue weighted by Crippen LogP contribution is -2.51. The van der Waals surface area contributed by atoms with Crippen LogP contribution in [0.15, 0.2) is 35.9 Å². The number of carbonyl (C=O) groups is 2. The van der Waals surface area contributed by atoms with Crippen molar-refractivity contribution >= 4 is 23.0 Å². The lowest BCUT2D eigenvalue weighted by atomic mass is 9.68. The number of nitrogens with zero attached hydrogens (tertiary/aromatic N) is 4. The number of hydrogen-bond acceptors (Lipinski definition) is 5. The number of hydrogen-bond donors (Lipinski definition) is 0. The number of piperazine rings is 1. The highest BCUT2D eigenvalue weighted by molar-refractivity contribution is 6.33. The van der Waals surface area contributed by atoms with Gasteiger partial charge in [-0.05, 0) is 79.0 Å². The number of amides is 1. The van der Waals surface area contributed by atoms with E-state index in [2.05, 4.69) is 43.9 Å². The molecule has 1 aliphatic heterocycles. The van der Waals surface area contributed by atoms with Gasteiger partial charge in [0.1, 0.15) is 0 Å². The molecule has 0 spiro atoms. The fourth-order valence-corrected chi connectivity index (χ4v) is 6.07. The first-order chi connectivity index (χ1) is 17.1. The van der Waals surface area contributed by atoms with Crippen molar-refractivity contribution in [1.29, 1.82) is 5.26 Å². The summed E-state index contributed by atoms with van der Waals surface area (Å²) in [6, 6.07) is 12.3. The summed E-state index contributed by atoms with van der Waals surface area (Å²) in [6.45, 7) is 10.0. The first-order valence-corrected chi connectivity index (χ1v) is 12.8. The van der Waals surface area contributed by atoms with Crippen molar-refractivity contribution in [3.05, 3.63) is 69.3 Å². The van der Waals surface area contributed by atoms with Gasteiger partial charge in [-0.1, -0.05) is 26.8 Å². The minimum absolute atomic E-state index is 0.100. The summed E-state index contributed by atoms with van der Waals surface area (Å²) < 4.78 is 0. The number of benzene rings is 2. The highest BCUT2D eigenvalue weighted by Gasteiger charge is 2.43. The van der Waals surface area contributed by atoms with E-state index in [1.807, 2.05) is 42.1 Å². The first-order valence-electron chi connectivity index (χ1n) is 12.8. The first kappa shape index (κ1) is 24.3. The van der Waals surface area contributed by atoms with Gasteiger partial charge in [-0.25, -0.2) is 0 Å². The maximum atomic E-state index is 13.9. The molecule has 5 rings (SSSR count). The van der Waals surface area contributed by atoms with E-state index in [4.69, 9.17) is 0 Å². The van der Waals surface area contributed by atoms with Gasteiger partial charge in [-0.3, -0.25) is 9.59 Å². The van der Waals surface area contributed by atoms with Crippen LogP contribution in [0.25, 0.3) is 5.57 Å². The molecule has 0 N–H and O–H groups in total. The maximum Gasteiger partial charge on any atom is 0.236 e. The van der Waals surface area contributed by atoms with Crippen LogP contribution >= 0.6 is 0 Å². The quantitative estimate of drug-likeness (QED) is 0.663. The topological polar surface area (TPSA) is 67.7 Å². The monoisotopic (exact) mass is 482 g/mol. The van der Waals surface area contributed by atoms with Gasteiger partial charge < -0.3 is 14.7 Å². The zero-order valence-electron chi connectivity index (χ0n) is 21.9. The Labute approximate surface area is 213 Å².